The number of carbonyl (C=O) groups is 1. The number of likely N-dealkylation sites (tertiary alicyclic amines) is 1. The van der Waals surface area contributed by atoms with Crippen LogP contribution in [0.25, 0.3) is 0 Å². The third-order valence-corrected chi connectivity index (χ3v) is 4.80. The van der Waals surface area contributed by atoms with Crippen molar-refractivity contribution in [2.45, 2.75) is 58.9 Å². The van der Waals surface area contributed by atoms with E-state index in [1.807, 2.05) is 6.92 Å². The van der Waals surface area contributed by atoms with Crippen molar-refractivity contribution in [2.75, 3.05) is 33.3 Å². The first-order valence-corrected chi connectivity index (χ1v) is 8.48. The molecule has 0 radical (unpaired) electrons. The van der Waals surface area contributed by atoms with Gasteiger partial charge in [-0.25, -0.2) is 0 Å². The van der Waals surface area contributed by atoms with E-state index in [2.05, 4.69) is 31.0 Å². The summed E-state index contributed by atoms with van der Waals surface area (Å²) >= 11 is 0. The summed E-state index contributed by atoms with van der Waals surface area (Å²) in [5, 5.41) is 3.36. The van der Waals surface area contributed by atoms with Gasteiger partial charge in [0.25, 0.3) is 0 Å². The largest absolute Gasteiger partial charge is 0.468 e. The van der Waals surface area contributed by atoms with E-state index in [0.29, 0.717) is 0 Å². The van der Waals surface area contributed by atoms with E-state index in [-0.39, 0.29) is 5.97 Å². The lowest BCUT2D eigenvalue weighted by Gasteiger charge is -2.29. The number of nitrogens with one attached hydrogen (secondary N) is 1. The molecule has 4 nitrogen and oxygen atoms in total. The summed E-state index contributed by atoms with van der Waals surface area (Å²) < 4.78 is 4.97. The van der Waals surface area contributed by atoms with Gasteiger partial charge >= 0.3 is 5.97 Å². The van der Waals surface area contributed by atoms with Crippen molar-refractivity contribution in [3.63, 3.8) is 0 Å². The Morgan fingerprint density at radius 1 is 1.48 bits per heavy atom. The lowest BCUT2D eigenvalue weighted by atomic mass is 9.95. The summed E-state index contributed by atoms with van der Waals surface area (Å²) in [7, 11) is 1.47. The smallest absolute Gasteiger partial charge is 0.325 e. The predicted octanol–water partition coefficient (Wildman–Crippen LogP) is 2.68. The second-order valence-corrected chi connectivity index (χ2v) is 6.95. The summed E-state index contributed by atoms with van der Waals surface area (Å²) in [5.74, 6) is 1.48. The van der Waals surface area contributed by atoms with Gasteiger partial charge in [-0.15, -0.1) is 0 Å². The minimum atomic E-state index is -0.540. The molecule has 0 aromatic carbocycles. The minimum absolute atomic E-state index is 0.141. The van der Waals surface area contributed by atoms with Crippen LogP contribution < -0.4 is 5.32 Å². The molecule has 2 atom stereocenters. The van der Waals surface area contributed by atoms with Crippen molar-refractivity contribution in [2.24, 2.45) is 11.8 Å². The Morgan fingerprint density at radius 2 is 2.19 bits per heavy atom. The second-order valence-electron chi connectivity index (χ2n) is 6.95. The number of hydrogen-bond donors (Lipinski definition) is 1. The molecule has 1 aliphatic rings. The van der Waals surface area contributed by atoms with E-state index in [1.165, 1.54) is 26.6 Å². The van der Waals surface area contributed by atoms with Gasteiger partial charge in [0.15, 0.2) is 0 Å². The number of rotatable bonds is 9. The van der Waals surface area contributed by atoms with Gasteiger partial charge in [0.05, 0.1) is 7.11 Å². The maximum atomic E-state index is 12.0. The number of ether oxygens (including phenoxy) is 1. The standard InChI is InChI=1S/C17H34N2O2/c1-6-10-18-17(4,16(20)21-5)9-7-11-19-12-8-15(13-19)14(2)3/h14-15,18H,6-13H2,1-5H3. The molecule has 0 amide bonds. The van der Waals surface area contributed by atoms with Crippen molar-refractivity contribution < 1.29 is 9.53 Å². The van der Waals surface area contributed by atoms with Crippen molar-refractivity contribution in [1.29, 1.82) is 0 Å². The third kappa shape index (κ3) is 5.59. The average Bonchev–Trinajstić information content (AvgIpc) is 2.93. The molecule has 1 saturated heterocycles. The molecule has 0 spiro atoms. The van der Waals surface area contributed by atoms with Crippen LogP contribution in [-0.2, 0) is 9.53 Å². The zero-order valence-electron chi connectivity index (χ0n) is 14.6. The van der Waals surface area contributed by atoms with Gasteiger partial charge in [0, 0.05) is 6.54 Å². The van der Waals surface area contributed by atoms with E-state index in [4.69, 9.17) is 4.74 Å². The molecule has 1 heterocycles. The molecule has 0 aromatic heterocycles. The molecule has 124 valence electrons. The molecule has 1 aliphatic heterocycles. The molecular formula is C17H34N2O2. The molecule has 1 fully saturated rings. The van der Waals surface area contributed by atoms with Crippen molar-refractivity contribution in [1.82, 2.24) is 10.2 Å². The molecule has 1 rings (SSSR count). The van der Waals surface area contributed by atoms with Crippen molar-refractivity contribution in [3.05, 3.63) is 0 Å². The third-order valence-electron chi connectivity index (χ3n) is 4.80. The molecule has 4 heteroatoms. The van der Waals surface area contributed by atoms with Crippen LogP contribution in [0.3, 0.4) is 0 Å². The Morgan fingerprint density at radius 3 is 2.71 bits per heavy atom. The van der Waals surface area contributed by atoms with Gasteiger partial charge in [-0.3, -0.25) is 4.79 Å². The molecule has 0 bridgehead atoms. The first kappa shape index (κ1) is 18.4. The Bertz CT molecular complexity index is 320. The fraction of sp³-hybridized carbons (Fsp3) is 0.941. The maximum absolute atomic E-state index is 12.0. The van der Waals surface area contributed by atoms with Crippen LogP contribution >= 0.6 is 0 Å². The number of nitrogens with zero attached hydrogens (tertiary/aromatic N) is 1. The molecule has 0 aromatic rings. The highest BCUT2D eigenvalue weighted by Crippen LogP contribution is 2.24. The second kappa shape index (κ2) is 8.74. The highest BCUT2D eigenvalue weighted by atomic mass is 16.5. The van der Waals surface area contributed by atoms with Gasteiger partial charge in [0.1, 0.15) is 5.54 Å². The van der Waals surface area contributed by atoms with Gasteiger partial charge in [0.2, 0.25) is 0 Å². The topological polar surface area (TPSA) is 41.6 Å². The van der Waals surface area contributed by atoms with Crippen LogP contribution in [0.2, 0.25) is 0 Å². The average molecular weight is 298 g/mol. The van der Waals surface area contributed by atoms with Crippen molar-refractivity contribution in [3.8, 4) is 0 Å². The Kier molecular flexibility index (Phi) is 7.67. The fourth-order valence-electron chi connectivity index (χ4n) is 3.15. The van der Waals surface area contributed by atoms with Gasteiger partial charge in [-0.1, -0.05) is 20.8 Å². The quantitative estimate of drug-likeness (QED) is 0.665. The number of carbonyl (C=O) groups excluding carboxylic acids is 1. The number of hydrogen-bond acceptors (Lipinski definition) is 4. The zero-order chi connectivity index (χ0) is 15.9. The van der Waals surface area contributed by atoms with Crippen LogP contribution in [0, 0.1) is 11.8 Å². The molecule has 2 unspecified atom stereocenters. The summed E-state index contributed by atoms with van der Waals surface area (Å²) in [6.07, 6.45) is 4.21. The Hall–Kier alpha value is -0.610. The van der Waals surface area contributed by atoms with E-state index in [1.54, 1.807) is 0 Å². The summed E-state index contributed by atoms with van der Waals surface area (Å²) in [5.41, 5.74) is -0.540. The maximum Gasteiger partial charge on any atom is 0.325 e. The number of methoxy groups -OCH3 is 1. The van der Waals surface area contributed by atoms with Gasteiger partial charge in [-0.05, 0) is 64.1 Å². The van der Waals surface area contributed by atoms with Crippen LogP contribution in [0.5, 0.6) is 0 Å². The first-order valence-electron chi connectivity index (χ1n) is 8.48. The normalized spacial score (nSPS) is 22.5. The van der Waals surface area contributed by atoms with E-state index in [0.717, 1.165) is 44.2 Å². The first-order chi connectivity index (χ1) is 9.92. The molecule has 0 aliphatic carbocycles. The monoisotopic (exact) mass is 298 g/mol. The fourth-order valence-corrected chi connectivity index (χ4v) is 3.15. The zero-order valence-corrected chi connectivity index (χ0v) is 14.6. The van der Waals surface area contributed by atoms with E-state index >= 15 is 0 Å². The highest BCUT2D eigenvalue weighted by molar-refractivity contribution is 5.80. The highest BCUT2D eigenvalue weighted by Gasteiger charge is 2.33. The SMILES string of the molecule is CCCNC(C)(CCCN1CCC(C(C)C)C1)C(=O)OC. The van der Waals surface area contributed by atoms with Crippen LogP contribution in [0.4, 0.5) is 0 Å². The predicted molar refractivity (Wildman–Crippen MR) is 87.3 cm³/mol. The van der Waals surface area contributed by atoms with Crippen LogP contribution in [-0.4, -0.2) is 49.7 Å². The number of esters is 1. The van der Waals surface area contributed by atoms with Crippen LogP contribution in [0.15, 0.2) is 0 Å². The lowest BCUT2D eigenvalue weighted by Crippen LogP contribution is -2.50. The molecule has 1 N–H and O–H groups in total. The minimum Gasteiger partial charge on any atom is -0.468 e. The van der Waals surface area contributed by atoms with E-state index in [9.17, 15) is 4.79 Å². The summed E-state index contributed by atoms with van der Waals surface area (Å²) in [6, 6.07) is 0. The van der Waals surface area contributed by atoms with Gasteiger partial charge < -0.3 is 15.0 Å². The van der Waals surface area contributed by atoms with Crippen LogP contribution in [0.1, 0.15) is 53.4 Å². The molecule has 21 heavy (non-hydrogen) atoms. The van der Waals surface area contributed by atoms with E-state index < -0.39 is 5.54 Å². The Labute approximate surface area is 130 Å². The van der Waals surface area contributed by atoms with Gasteiger partial charge in [-0.2, -0.15) is 0 Å². The Balaban J connectivity index is 2.38. The lowest BCUT2D eigenvalue weighted by molar-refractivity contribution is -0.148. The molecule has 0 saturated carbocycles. The summed E-state index contributed by atoms with van der Waals surface area (Å²) in [6.45, 7) is 13.1. The molecular weight excluding hydrogens is 264 g/mol. The van der Waals surface area contributed by atoms with Crippen molar-refractivity contribution >= 4 is 5.97 Å². The summed E-state index contributed by atoms with van der Waals surface area (Å²) in [4.78, 5) is 14.6.